The number of nitrogens with one attached hydrogen (secondary N) is 2. The molecule has 2 aliphatic rings. The molecule has 220 valence electrons. The highest BCUT2D eigenvalue weighted by Gasteiger charge is 2.42. The maximum absolute atomic E-state index is 15.1. The third kappa shape index (κ3) is 6.56. The Morgan fingerprint density at radius 1 is 1.20 bits per heavy atom. The van der Waals surface area contributed by atoms with E-state index in [1.807, 2.05) is 6.07 Å². The molecule has 1 atom stereocenters. The number of nitrogens with zero attached hydrogens (tertiary/aromatic N) is 3. The molecule has 1 aliphatic heterocycles. The molecule has 1 saturated carbocycles. The summed E-state index contributed by atoms with van der Waals surface area (Å²) in [7, 11) is 1.63. The molecule has 41 heavy (non-hydrogen) atoms. The summed E-state index contributed by atoms with van der Waals surface area (Å²) in [4.78, 5) is 24.7. The monoisotopic (exact) mass is 569 g/mol. The molecule has 0 spiro atoms. The van der Waals surface area contributed by atoms with Crippen molar-refractivity contribution in [3.8, 4) is 11.6 Å². The van der Waals surface area contributed by atoms with Crippen molar-refractivity contribution in [3.63, 3.8) is 0 Å². The number of anilines is 1. The number of fused-ring (bicyclic) bond motifs is 2. The van der Waals surface area contributed by atoms with Crippen molar-refractivity contribution in [2.75, 3.05) is 32.2 Å². The van der Waals surface area contributed by atoms with Gasteiger partial charge in [0.25, 0.3) is 5.91 Å². The SMILES string of the molecule is COC1(CC(O)c2c(F)cnc3ccc(OCCCO)nc23)CCC(C)(NCc2ccc3c(n2)NC(=O)CO3)CC1. The second-order valence-electron chi connectivity index (χ2n) is 11.0. The van der Waals surface area contributed by atoms with Crippen LogP contribution in [-0.2, 0) is 16.1 Å². The van der Waals surface area contributed by atoms with Crippen LogP contribution in [0, 0.1) is 5.82 Å². The van der Waals surface area contributed by atoms with Gasteiger partial charge in [0.15, 0.2) is 18.2 Å². The Morgan fingerprint density at radius 3 is 2.76 bits per heavy atom. The first kappa shape index (κ1) is 29.1. The minimum absolute atomic E-state index is 0.0122. The molecule has 1 amide bonds. The lowest BCUT2D eigenvalue weighted by Gasteiger charge is -2.45. The Morgan fingerprint density at radius 2 is 2.00 bits per heavy atom. The molecular weight excluding hydrogens is 533 g/mol. The molecule has 12 heteroatoms. The van der Waals surface area contributed by atoms with Crippen LogP contribution in [0.15, 0.2) is 30.5 Å². The Balaban J connectivity index is 1.25. The molecule has 0 aromatic carbocycles. The van der Waals surface area contributed by atoms with Crippen molar-refractivity contribution in [1.82, 2.24) is 20.3 Å². The minimum Gasteiger partial charge on any atom is -0.480 e. The fourth-order valence-electron chi connectivity index (χ4n) is 5.47. The van der Waals surface area contributed by atoms with E-state index in [9.17, 15) is 9.90 Å². The number of hydrogen-bond acceptors (Lipinski definition) is 10. The number of pyridine rings is 3. The van der Waals surface area contributed by atoms with Gasteiger partial charge in [0.1, 0.15) is 11.3 Å². The maximum atomic E-state index is 15.1. The summed E-state index contributed by atoms with van der Waals surface area (Å²) in [5.41, 5.74) is 0.683. The third-order valence-electron chi connectivity index (χ3n) is 8.06. The number of carbonyl (C=O) groups is 1. The summed E-state index contributed by atoms with van der Waals surface area (Å²) in [6.45, 7) is 2.89. The first-order valence-electron chi connectivity index (χ1n) is 13.8. The van der Waals surface area contributed by atoms with Crippen LogP contribution in [0.4, 0.5) is 10.2 Å². The maximum Gasteiger partial charge on any atom is 0.263 e. The van der Waals surface area contributed by atoms with E-state index in [0.29, 0.717) is 42.9 Å². The minimum atomic E-state index is -1.17. The van der Waals surface area contributed by atoms with Crippen molar-refractivity contribution < 1.29 is 33.6 Å². The van der Waals surface area contributed by atoms with Crippen LogP contribution in [0.1, 0.15) is 62.8 Å². The summed E-state index contributed by atoms with van der Waals surface area (Å²) in [5.74, 6) is 0.388. The highest BCUT2D eigenvalue weighted by atomic mass is 19.1. The van der Waals surface area contributed by atoms with Crippen molar-refractivity contribution in [2.45, 2.75) is 69.2 Å². The lowest BCUT2D eigenvalue weighted by atomic mass is 9.72. The summed E-state index contributed by atoms with van der Waals surface area (Å²) in [6, 6.07) is 6.99. The number of amides is 1. The van der Waals surface area contributed by atoms with Crippen LogP contribution in [0.2, 0.25) is 0 Å². The number of aliphatic hydroxyl groups excluding tert-OH is 2. The second-order valence-corrected chi connectivity index (χ2v) is 11.0. The van der Waals surface area contributed by atoms with Crippen molar-refractivity contribution in [1.29, 1.82) is 0 Å². The number of hydrogen-bond donors (Lipinski definition) is 4. The van der Waals surface area contributed by atoms with Gasteiger partial charge in [0.2, 0.25) is 5.88 Å². The number of aliphatic hydroxyl groups is 2. The van der Waals surface area contributed by atoms with Crippen LogP contribution in [0.3, 0.4) is 0 Å². The predicted molar refractivity (Wildman–Crippen MR) is 148 cm³/mol. The van der Waals surface area contributed by atoms with E-state index in [0.717, 1.165) is 24.7 Å². The molecule has 0 bridgehead atoms. The lowest BCUT2D eigenvalue weighted by molar-refractivity contribution is -0.118. The van der Waals surface area contributed by atoms with Gasteiger partial charge in [0.05, 0.1) is 35.7 Å². The zero-order chi connectivity index (χ0) is 29.0. The lowest BCUT2D eigenvalue weighted by Crippen LogP contribution is -2.50. The topological polar surface area (TPSA) is 148 Å². The Hall–Kier alpha value is -3.45. The molecule has 3 aromatic rings. The van der Waals surface area contributed by atoms with Gasteiger partial charge >= 0.3 is 0 Å². The molecule has 11 nitrogen and oxygen atoms in total. The van der Waals surface area contributed by atoms with Crippen LogP contribution >= 0.6 is 0 Å². The summed E-state index contributed by atoms with van der Waals surface area (Å²) in [6.07, 6.45) is 3.39. The average Bonchev–Trinajstić information content (AvgIpc) is 2.97. The normalized spacial score (nSPS) is 23.0. The van der Waals surface area contributed by atoms with Gasteiger partial charge in [-0.2, -0.15) is 0 Å². The highest BCUT2D eigenvalue weighted by molar-refractivity contribution is 5.94. The first-order chi connectivity index (χ1) is 19.7. The molecule has 5 rings (SSSR count). The molecule has 4 N–H and O–H groups in total. The Labute approximate surface area is 237 Å². The van der Waals surface area contributed by atoms with E-state index >= 15 is 4.39 Å². The molecule has 1 aliphatic carbocycles. The number of ether oxygens (including phenoxy) is 3. The average molecular weight is 570 g/mol. The molecule has 0 radical (unpaired) electrons. The number of carbonyl (C=O) groups excluding carboxylic acids is 1. The number of halogens is 1. The van der Waals surface area contributed by atoms with E-state index in [1.54, 1.807) is 25.3 Å². The van der Waals surface area contributed by atoms with Gasteiger partial charge < -0.3 is 35.1 Å². The summed E-state index contributed by atoms with van der Waals surface area (Å²) in [5, 5.41) is 26.7. The molecule has 1 unspecified atom stereocenters. The number of aromatic nitrogens is 3. The van der Waals surface area contributed by atoms with Crippen LogP contribution in [0.5, 0.6) is 11.6 Å². The zero-order valence-electron chi connectivity index (χ0n) is 23.3. The second kappa shape index (κ2) is 12.2. The summed E-state index contributed by atoms with van der Waals surface area (Å²) >= 11 is 0. The standard InChI is InChI=1S/C29H36FN5O6/c1-28(32-15-18-4-6-22-27(33-18)34-23(38)17-41-22)8-10-29(39-2,11-9-28)14-21(37)25-19(30)16-31-20-5-7-24(35-26(20)25)40-13-3-12-36/h4-7,16,21,32,36-37H,3,8-15,17H2,1-2H3,(H,33,34,38). The van der Waals surface area contributed by atoms with E-state index in [-0.39, 0.29) is 54.6 Å². The van der Waals surface area contributed by atoms with Gasteiger partial charge in [0, 0.05) is 50.3 Å². The zero-order valence-corrected chi connectivity index (χ0v) is 23.3. The largest absolute Gasteiger partial charge is 0.480 e. The highest BCUT2D eigenvalue weighted by Crippen LogP contribution is 2.43. The molecule has 0 saturated heterocycles. The van der Waals surface area contributed by atoms with Crippen LogP contribution in [-0.4, -0.2) is 69.1 Å². The third-order valence-corrected chi connectivity index (χ3v) is 8.06. The molecule has 1 fully saturated rings. The fraction of sp³-hybridized carbons (Fsp3) is 0.517. The van der Waals surface area contributed by atoms with Crippen molar-refractivity contribution >= 4 is 22.8 Å². The predicted octanol–water partition coefficient (Wildman–Crippen LogP) is 3.19. The van der Waals surface area contributed by atoms with Crippen molar-refractivity contribution in [3.05, 3.63) is 47.5 Å². The molecule has 4 heterocycles. The van der Waals surface area contributed by atoms with Gasteiger partial charge in [-0.05, 0) is 50.8 Å². The van der Waals surface area contributed by atoms with Gasteiger partial charge in [-0.25, -0.2) is 14.4 Å². The van der Waals surface area contributed by atoms with Crippen LogP contribution in [0.25, 0.3) is 11.0 Å². The Bertz CT molecular complexity index is 1400. The van der Waals surface area contributed by atoms with E-state index in [1.165, 1.54) is 0 Å². The van der Waals surface area contributed by atoms with Crippen molar-refractivity contribution in [2.24, 2.45) is 0 Å². The molecule has 3 aromatic heterocycles. The van der Waals surface area contributed by atoms with Gasteiger partial charge in [-0.1, -0.05) is 0 Å². The fourth-order valence-corrected chi connectivity index (χ4v) is 5.47. The smallest absolute Gasteiger partial charge is 0.263 e. The summed E-state index contributed by atoms with van der Waals surface area (Å²) < 4.78 is 32.0. The first-order valence-corrected chi connectivity index (χ1v) is 13.8. The number of methoxy groups -OCH3 is 1. The quantitative estimate of drug-likeness (QED) is 0.254. The number of rotatable bonds is 11. The van der Waals surface area contributed by atoms with Gasteiger partial charge in [-0.15, -0.1) is 0 Å². The Kier molecular flexibility index (Phi) is 8.64. The van der Waals surface area contributed by atoms with Gasteiger partial charge in [-0.3, -0.25) is 9.78 Å². The van der Waals surface area contributed by atoms with E-state index in [2.05, 4.69) is 32.5 Å². The molecular formula is C29H36FN5O6. The van der Waals surface area contributed by atoms with E-state index < -0.39 is 17.5 Å². The van der Waals surface area contributed by atoms with E-state index in [4.69, 9.17) is 19.3 Å². The van der Waals surface area contributed by atoms with Crippen LogP contribution < -0.4 is 20.1 Å².